The molecule has 7 heteroatoms. The first-order valence-electron chi connectivity index (χ1n) is 5.13. The van der Waals surface area contributed by atoms with Gasteiger partial charge < -0.3 is 4.74 Å². The van der Waals surface area contributed by atoms with E-state index in [9.17, 15) is 13.2 Å². The number of hydrogen-bond acceptors (Lipinski definition) is 4. The predicted octanol–water partition coefficient (Wildman–Crippen LogP) is 0.440. The van der Waals surface area contributed by atoms with Crippen molar-refractivity contribution in [3.63, 3.8) is 0 Å². The first kappa shape index (κ1) is 13.7. The molecular formula is C9H16ClNO4S. The molecule has 0 N–H and O–H groups in total. The Kier molecular flexibility index (Phi) is 5.01. The van der Waals surface area contributed by atoms with Crippen molar-refractivity contribution < 1.29 is 17.9 Å². The molecule has 0 aromatic heterocycles. The van der Waals surface area contributed by atoms with E-state index in [1.54, 1.807) is 0 Å². The number of alkyl halides is 1. The molecule has 1 heterocycles. The number of nitrogens with zero attached hydrogens (tertiary/aromatic N) is 1. The fraction of sp³-hybridized carbons (Fsp3) is 0.889. The van der Waals surface area contributed by atoms with Gasteiger partial charge in [-0.05, 0) is 12.8 Å². The molecule has 0 saturated carbocycles. The Labute approximate surface area is 101 Å². The van der Waals surface area contributed by atoms with E-state index in [0.29, 0.717) is 25.3 Å². The number of ether oxygens (including phenoxy) is 1. The Morgan fingerprint density at radius 3 is 2.81 bits per heavy atom. The van der Waals surface area contributed by atoms with Crippen molar-refractivity contribution in [2.24, 2.45) is 5.92 Å². The second-order valence-electron chi connectivity index (χ2n) is 3.73. The summed E-state index contributed by atoms with van der Waals surface area (Å²) in [5, 5.41) is 0. The standard InChI is InChI=1S/C9H16ClNO4S/c1-15-9(12)8-3-5-11(7-8)16(13,14)6-2-4-10/h8H,2-7H2,1H3. The molecule has 0 amide bonds. The van der Waals surface area contributed by atoms with Crippen LogP contribution in [0.5, 0.6) is 0 Å². The fourth-order valence-corrected chi connectivity index (χ4v) is 3.56. The second kappa shape index (κ2) is 5.84. The topological polar surface area (TPSA) is 63.7 Å². The fourth-order valence-electron chi connectivity index (χ4n) is 1.71. The first-order chi connectivity index (χ1) is 7.51. The Morgan fingerprint density at radius 2 is 2.25 bits per heavy atom. The van der Waals surface area contributed by atoms with Gasteiger partial charge in [0.15, 0.2) is 0 Å². The zero-order valence-electron chi connectivity index (χ0n) is 9.19. The summed E-state index contributed by atoms with van der Waals surface area (Å²) >= 11 is 5.46. The lowest BCUT2D eigenvalue weighted by Crippen LogP contribution is -2.32. The summed E-state index contributed by atoms with van der Waals surface area (Å²) < 4.78 is 29.5. The van der Waals surface area contributed by atoms with Crippen LogP contribution in [0.3, 0.4) is 0 Å². The maximum Gasteiger partial charge on any atom is 0.310 e. The number of rotatable bonds is 5. The van der Waals surface area contributed by atoms with E-state index in [1.165, 1.54) is 11.4 Å². The van der Waals surface area contributed by atoms with E-state index < -0.39 is 10.0 Å². The average molecular weight is 270 g/mol. The third-order valence-electron chi connectivity index (χ3n) is 2.61. The Bertz CT molecular complexity index is 343. The molecule has 1 aliphatic rings. The number of esters is 1. The zero-order valence-corrected chi connectivity index (χ0v) is 10.8. The Morgan fingerprint density at radius 1 is 1.56 bits per heavy atom. The lowest BCUT2D eigenvalue weighted by Gasteiger charge is -2.15. The molecule has 94 valence electrons. The summed E-state index contributed by atoms with van der Waals surface area (Å²) in [6.07, 6.45) is 0.968. The lowest BCUT2D eigenvalue weighted by molar-refractivity contribution is -0.144. The van der Waals surface area contributed by atoms with Crippen molar-refractivity contribution in [1.29, 1.82) is 0 Å². The Hall–Kier alpha value is -0.330. The Balaban J connectivity index is 2.55. The van der Waals surface area contributed by atoms with Gasteiger partial charge in [0, 0.05) is 19.0 Å². The van der Waals surface area contributed by atoms with Gasteiger partial charge in [-0.25, -0.2) is 12.7 Å². The summed E-state index contributed by atoms with van der Waals surface area (Å²) in [6.45, 7) is 0.627. The van der Waals surface area contributed by atoms with Crippen molar-refractivity contribution in [3.8, 4) is 0 Å². The van der Waals surface area contributed by atoms with E-state index in [1.807, 2.05) is 0 Å². The number of halogens is 1. The molecule has 5 nitrogen and oxygen atoms in total. The molecule has 1 atom stereocenters. The maximum absolute atomic E-state index is 11.8. The van der Waals surface area contributed by atoms with Crippen LogP contribution < -0.4 is 0 Å². The highest BCUT2D eigenvalue weighted by molar-refractivity contribution is 7.89. The summed E-state index contributed by atoms with van der Waals surface area (Å²) in [6, 6.07) is 0. The molecular weight excluding hydrogens is 254 g/mol. The van der Waals surface area contributed by atoms with Crippen LogP contribution >= 0.6 is 11.6 Å². The highest BCUT2D eigenvalue weighted by Gasteiger charge is 2.34. The lowest BCUT2D eigenvalue weighted by atomic mass is 10.1. The minimum absolute atomic E-state index is 0.0460. The van der Waals surface area contributed by atoms with Gasteiger partial charge in [0.1, 0.15) is 0 Å². The number of carbonyl (C=O) groups is 1. The van der Waals surface area contributed by atoms with Crippen LogP contribution in [0.2, 0.25) is 0 Å². The smallest absolute Gasteiger partial charge is 0.310 e. The predicted molar refractivity (Wildman–Crippen MR) is 60.8 cm³/mol. The van der Waals surface area contributed by atoms with Crippen LogP contribution in [0.15, 0.2) is 0 Å². The minimum atomic E-state index is -3.26. The molecule has 0 aromatic rings. The molecule has 0 spiro atoms. The number of methoxy groups -OCH3 is 1. The summed E-state index contributed by atoms with van der Waals surface area (Å²) in [5.41, 5.74) is 0. The van der Waals surface area contributed by atoms with Crippen LogP contribution in [0.4, 0.5) is 0 Å². The van der Waals surface area contributed by atoms with Crippen molar-refractivity contribution in [2.45, 2.75) is 12.8 Å². The van der Waals surface area contributed by atoms with Gasteiger partial charge in [-0.1, -0.05) is 0 Å². The van der Waals surface area contributed by atoms with Crippen LogP contribution in [0.25, 0.3) is 0 Å². The van der Waals surface area contributed by atoms with Gasteiger partial charge in [0.2, 0.25) is 10.0 Å². The van der Waals surface area contributed by atoms with E-state index in [2.05, 4.69) is 4.74 Å². The van der Waals surface area contributed by atoms with E-state index in [0.717, 1.165) is 0 Å². The highest BCUT2D eigenvalue weighted by Crippen LogP contribution is 2.21. The first-order valence-corrected chi connectivity index (χ1v) is 7.27. The van der Waals surface area contributed by atoms with E-state index in [-0.39, 0.29) is 24.2 Å². The molecule has 0 aliphatic carbocycles. The van der Waals surface area contributed by atoms with Crippen molar-refractivity contribution >= 4 is 27.6 Å². The summed E-state index contributed by atoms with van der Waals surface area (Å²) in [5.74, 6) is -0.288. The molecule has 0 bridgehead atoms. The molecule has 1 aliphatic heterocycles. The molecule has 0 aromatic carbocycles. The van der Waals surface area contributed by atoms with E-state index in [4.69, 9.17) is 11.6 Å². The van der Waals surface area contributed by atoms with Gasteiger partial charge in [-0.2, -0.15) is 0 Å². The number of sulfonamides is 1. The van der Waals surface area contributed by atoms with Gasteiger partial charge >= 0.3 is 5.97 Å². The van der Waals surface area contributed by atoms with E-state index >= 15 is 0 Å². The maximum atomic E-state index is 11.8. The molecule has 1 unspecified atom stereocenters. The van der Waals surface area contributed by atoms with Crippen molar-refractivity contribution in [1.82, 2.24) is 4.31 Å². The van der Waals surface area contributed by atoms with Crippen LogP contribution in [-0.4, -0.2) is 50.5 Å². The molecule has 1 rings (SSSR count). The monoisotopic (exact) mass is 269 g/mol. The molecule has 0 radical (unpaired) electrons. The SMILES string of the molecule is COC(=O)C1CCN(S(=O)(=O)CCCCl)C1. The quantitative estimate of drug-likeness (QED) is 0.537. The zero-order chi connectivity index (χ0) is 12.2. The van der Waals surface area contributed by atoms with Crippen LogP contribution in [0.1, 0.15) is 12.8 Å². The highest BCUT2D eigenvalue weighted by atomic mass is 35.5. The second-order valence-corrected chi connectivity index (χ2v) is 6.19. The number of carbonyl (C=O) groups excluding carboxylic acids is 1. The summed E-state index contributed by atoms with van der Waals surface area (Å²) in [4.78, 5) is 11.2. The minimum Gasteiger partial charge on any atom is -0.469 e. The summed E-state index contributed by atoms with van der Waals surface area (Å²) in [7, 11) is -1.94. The van der Waals surface area contributed by atoms with Gasteiger partial charge in [0.05, 0.1) is 18.8 Å². The van der Waals surface area contributed by atoms with Gasteiger partial charge in [-0.15, -0.1) is 11.6 Å². The normalized spacial score (nSPS) is 22.2. The molecule has 1 saturated heterocycles. The largest absolute Gasteiger partial charge is 0.469 e. The van der Waals surface area contributed by atoms with Gasteiger partial charge in [0.25, 0.3) is 0 Å². The third kappa shape index (κ3) is 3.33. The number of hydrogen-bond donors (Lipinski definition) is 0. The third-order valence-corrected chi connectivity index (χ3v) is 4.81. The molecule has 1 fully saturated rings. The molecule has 16 heavy (non-hydrogen) atoms. The van der Waals surface area contributed by atoms with Gasteiger partial charge in [-0.3, -0.25) is 4.79 Å². The van der Waals surface area contributed by atoms with Crippen molar-refractivity contribution in [2.75, 3.05) is 31.8 Å². The average Bonchev–Trinajstić information content (AvgIpc) is 2.75. The van der Waals surface area contributed by atoms with Crippen LogP contribution in [-0.2, 0) is 19.6 Å². The van der Waals surface area contributed by atoms with Crippen LogP contribution in [0, 0.1) is 5.92 Å². The van der Waals surface area contributed by atoms with Crippen molar-refractivity contribution in [3.05, 3.63) is 0 Å².